The van der Waals surface area contributed by atoms with Gasteiger partial charge in [0.15, 0.2) is 0 Å². The lowest BCUT2D eigenvalue weighted by Gasteiger charge is -2.22. The molecule has 2 aromatic rings. The summed E-state index contributed by atoms with van der Waals surface area (Å²) in [5, 5.41) is 3.30. The third-order valence-corrected chi connectivity index (χ3v) is 3.84. The number of hydrogen-bond donors (Lipinski definition) is 1. The van der Waals surface area contributed by atoms with Crippen molar-refractivity contribution in [3.8, 4) is 5.75 Å². The monoisotopic (exact) mass is 314 g/mol. The van der Waals surface area contributed by atoms with Crippen LogP contribution in [0, 0.1) is 5.82 Å². The van der Waals surface area contributed by atoms with Crippen LogP contribution < -0.4 is 15.0 Å². The molecule has 1 N–H and O–H groups in total. The molecule has 4 nitrogen and oxygen atoms in total. The lowest BCUT2D eigenvalue weighted by molar-refractivity contribution is -0.116. The van der Waals surface area contributed by atoms with Crippen LogP contribution in [-0.2, 0) is 17.9 Å². The zero-order valence-corrected chi connectivity index (χ0v) is 13.0. The Kier molecular flexibility index (Phi) is 4.57. The van der Waals surface area contributed by atoms with Gasteiger partial charge in [0.2, 0.25) is 5.91 Å². The standard InChI is InChI=1S/C18H19FN2O2/c1-13(22)21(17-5-3-16(19)4-6-17)12-14-2-7-18-15(10-14)11-20-8-9-23-18/h2-7,10,20H,8-9,11-12H2,1H3. The summed E-state index contributed by atoms with van der Waals surface area (Å²) >= 11 is 0. The van der Waals surface area contributed by atoms with Crippen LogP contribution in [-0.4, -0.2) is 19.1 Å². The van der Waals surface area contributed by atoms with Crippen LogP contribution >= 0.6 is 0 Å². The summed E-state index contributed by atoms with van der Waals surface area (Å²) < 4.78 is 18.7. The number of amides is 1. The molecule has 0 unspecified atom stereocenters. The van der Waals surface area contributed by atoms with E-state index in [1.54, 1.807) is 17.0 Å². The minimum atomic E-state index is -0.314. The number of fused-ring (bicyclic) bond motifs is 1. The van der Waals surface area contributed by atoms with Gasteiger partial charge >= 0.3 is 0 Å². The van der Waals surface area contributed by atoms with Crippen molar-refractivity contribution in [3.05, 3.63) is 59.4 Å². The Morgan fingerprint density at radius 3 is 2.78 bits per heavy atom. The van der Waals surface area contributed by atoms with Crippen molar-refractivity contribution in [2.75, 3.05) is 18.1 Å². The first kappa shape index (κ1) is 15.5. The van der Waals surface area contributed by atoms with Crippen LogP contribution in [0.3, 0.4) is 0 Å². The molecular formula is C18H19FN2O2. The summed E-state index contributed by atoms with van der Waals surface area (Å²) in [5.41, 5.74) is 2.78. The highest BCUT2D eigenvalue weighted by Crippen LogP contribution is 2.24. The second-order valence-corrected chi connectivity index (χ2v) is 5.55. The van der Waals surface area contributed by atoms with Crippen LogP contribution in [0.25, 0.3) is 0 Å². The number of hydrogen-bond acceptors (Lipinski definition) is 3. The molecule has 0 bridgehead atoms. The molecule has 23 heavy (non-hydrogen) atoms. The first-order valence-corrected chi connectivity index (χ1v) is 7.62. The SMILES string of the molecule is CC(=O)N(Cc1ccc2c(c1)CNCCO2)c1ccc(F)cc1. The highest BCUT2D eigenvalue weighted by atomic mass is 19.1. The van der Waals surface area contributed by atoms with Gasteiger partial charge in [-0.1, -0.05) is 6.07 Å². The molecule has 1 aliphatic heterocycles. The fourth-order valence-electron chi connectivity index (χ4n) is 2.65. The molecule has 0 saturated heterocycles. The van der Waals surface area contributed by atoms with Crippen molar-refractivity contribution >= 4 is 11.6 Å². The molecular weight excluding hydrogens is 295 g/mol. The topological polar surface area (TPSA) is 41.6 Å². The largest absolute Gasteiger partial charge is 0.492 e. The average molecular weight is 314 g/mol. The number of ether oxygens (including phenoxy) is 1. The van der Waals surface area contributed by atoms with E-state index >= 15 is 0 Å². The van der Waals surface area contributed by atoms with E-state index in [2.05, 4.69) is 5.32 Å². The highest BCUT2D eigenvalue weighted by Gasteiger charge is 2.14. The maximum Gasteiger partial charge on any atom is 0.224 e. The van der Waals surface area contributed by atoms with Crippen molar-refractivity contribution in [2.24, 2.45) is 0 Å². The van der Waals surface area contributed by atoms with Gasteiger partial charge < -0.3 is 15.0 Å². The van der Waals surface area contributed by atoms with Crippen LogP contribution in [0.5, 0.6) is 5.75 Å². The number of anilines is 1. The van der Waals surface area contributed by atoms with Crippen molar-refractivity contribution in [1.29, 1.82) is 0 Å². The predicted octanol–water partition coefficient (Wildman–Crippen LogP) is 2.86. The molecule has 0 atom stereocenters. The summed E-state index contributed by atoms with van der Waals surface area (Å²) in [6.07, 6.45) is 0. The third-order valence-electron chi connectivity index (χ3n) is 3.84. The summed E-state index contributed by atoms with van der Waals surface area (Å²) in [7, 11) is 0. The number of carbonyl (C=O) groups is 1. The predicted molar refractivity (Wildman–Crippen MR) is 86.9 cm³/mol. The fraction of sp³-hybridized carbons (Fsp3) is 0.278. The van der Waals surface area contributed by atoms with Gasteiger partial charge in [0.1, 0.15) is 18.2 Å². The molecule has 0 radical (unpaired) electrons. The summed E-state index contributed by atoms with van der Waals surface area (Å²) in [5.74, 6) is 0.487. The Morgan fingerprint density at radius 2 is 2.04 bits per heavy atom. The van der Waals surface area contributed by atoms with Crippen LogP contribution in [0.1, 0.15) is 18.1 Å². The van der Waals surface area contributed by atoms with Crippen molar-refractivity contribution in [1.82, 2.24) is 5.32 Å². The van der Waals surface area contributed by atoms with Crippen molar-refractivity contribution < 1.29 is 13.9 Å². The van der Waals surface area contributed by atoms with E-state index < -0.39 is 0 Å². The summed E-state index contributed by atoms with van der Waals surface area (Å²) in [6.45, 7) is 4.17. The second-order valence-electron chi connectivity index (χ2n) is 5.55. The van der Waals surface area contributed by atoms with E-state index in [9.17, 15) is 9.18 Å². The minimum absolute atomic E-state index is 0.0825. The lowest BCUT2D eigenvalue weighted by atomic mass is 10.1. The van der Waals surface area contributed by atoms with Crippen LogP contribution in [0.2, 0.25) is 0 Å². The van der Waals surface area contributed by atoms with Gasteiger partial charge in [-0.3, -0.25) is 4.79 Å². The molecule has 1 amide bonds. The van der Waals surface area contributed by atoms with E-state index in [0.717, 1.165) is 30.0 Å². The first-order chi connectivity index (χ1) is 11.1. The molecule has 0 saturated carbocycles. The Morgan fingerprint density at radius 1 is 1.26 bits per heavy atom. The molecule has 0 aliphatic carbocycles. The molecule has 0 aromatic heterocycles. The van der Waals surface area contributed by atoms with E-state index in [4.69, 9.17) is 4.74 Å². The Labute approximate surface area is 134 Å². The number of carbonyl (C=O) groups excluding carboxylic acids is 1. The zero-order valence-electron chi connectivity index (χ0n) is 13.0. The van der Waals surface area contributed by atoms with E-state index in [1.165, 1.54) is 19.1 Å². The first-order valence-electron chi connectivity index (χ1n) is 7.62. The molecule has 5 heteroatoms. The molecule has 0 fully saturated rings. The van der Waals surface area contributed by atoms with Crippen LogP contribution in [0.15, 0.2) is 42.5 Å². The lowest BCUT2D eigenvalue weighted by Crippen LogP contribution is -2.27. The Balaban J connectivity index is 1.84. The van der Waals surface area contributed by atoms with Gasteiger partial charge in [-0.05, 0) is 42.0 Å². The number of benzene rings is 2. The minimum Gasteiger partial charge on any atom is -0.492 e. The third kappa shape index (κ3) is 3.68. The maximum atomic E-state index is 13.1. The van der Waals surface area contributed by atoms with Crippen LogP contribution in [0.4, 0.5) is 10.1 Å². The Bertz CT molecular complexity index is 701. The zero-order chi connectivity index (χ0) is 16.2. The summed E-state index contributed by atoms with van der Waals surface area (Å²) in [6, 6.07) is 11.9. The van der Waals surface area contributed by atoms with Gasteiger partial charge in [0, 0.05) is 31.3 Å². The highest BCUT2D eigenvalue weighted by molar-refractivity contribution is 5.91. The second kappa shape index (κ2) is 6.79. The molecule has 0 spiro atoms. The fourth-order valence-corrected chi connectivity index (χ4v) is 2.65. The maximum absolute atomic E-state index is 13.1. The number of nitrogens with one attached hydrogen (secondary N) is 1. The number of nitrogens with zero attached hydrogens (tertiary/aromatic N) is 1. The van der Waals surface area contributed by atoms with E-state index in [1.807, 2.05) is 18.2 Å². The van der Waals surface area contributed by atoms with Gasteiger partial charge in [-0.25, -0.2) is 4.39 Å². The quantitative estimate of drug-likeness (QED) is 0.947. The number of rotatable bonds is 3. The van der Waals surface area contributed by atoms with E-state index in [0.29, 0.717) is 18.8 Å². The smallest absolute Gasteiger partial charge is 0.224 e. The molecule has 2 aromatic carbocycles. The van der Waals surface area contributed by atoms with Gasteiger partial charge in [0.05, 0.1) is 6.54 Å². The average Bonchev–Trinajstić information content (AvgIpc) is 2.78. The molecule has 1 aliphatic rings. The van der Waals surface area contributed by atoms with Crippen molar-refractivity contribution in [3.63, 3.8) is 0 Å². The Hall–Kier alpha value is -2.40. The molecule has 3 rings (SSSR count). The normalized spacial score (nSPS) is 13.7. The van der Waals surface area contributed by atoms with Gasteiger partial charge in [-0.2, -0.15) is 0 Å². The van der Waals surface area contributed by atoms with Crippen molar-refractivity contribution in [2.45, 2.75) is 20.0 Å². The van der Waals surface area contributed by atoms with Gasteiger partial charge in [0.25, 0.3) is 0 Å². The summed E-state index contributed by atoms with van der Waals surface area (Å²) in [4.78, 5) is 13.6. The number of halogens is 1. The molecule has 1 heterocycles. The molecule has 120 valence electrons. The van der Waals surface area contributed by atoms with Gasteiger partial charge in [-0.15, -0.1) is 0 Å². The van der Waals surface area contributed by atoms with E-state index in [-0.39, 0.29) is 11.7 Å².